The second-order valence-electron chi connectivity index (χ2n) is 6.39. The molecule has 2 aromatic carbocycles. The summed E-state index contributed by atoms with van der Waals surface area (Å²) in [7, 11) is 0. The van der Waals surface area contributed by atoms with Crippen molar-refractivity contribution < 1.29 is 19.1 Å². The Morgan fingerprint density at radius 3 is 2.50 bits per heavy atom. The van der Waals surface area contributed by atoms with E-state index in [0.717, 1.165) is 21.5 Å². The monoisotopic (exact) mass is 408 g/mol. The number of rotatable bonds is 7. The highest BCUT2D eigenvalue weighted by Gasteiger charge is 2.13. The first kappa shape index (κ1) is 20.6. The van der Waals surface area contributed by atoms with E-state index in [1.54, 1.807) is 0 Å². The quantitative estimate of drug-likeness (QED) is 0.563. The van der Waals surface area contributed by atoms with Crippen LogP contribution in [-0.2, 0) is 27.4 Å². The van der Waals surface area contributed by atoms with E-state index in [9.17, 15) is 14.4 Å². The number of esters is 1. The highest BCUT2D eigenvalue weighted by atomic mass is 16.5. The number of nitrogens with zero attached hydrogens (tertiary/aromatic N) is 4. The van der Waals surface area contributed by atoms with E-state index in [1.165, 1.54) is 0 Å². The van der Waals surface area contributed by atoms with Gasteiger partial charge in [0.1, 0.15) is 0 Å². The first-order valence-electron chi connectivity index (χ1n) is 9.11. The van der Waals surface area contributed by atoms with Crippen LogP contribution in [0.5, 0.6) is 0 Å². The van der Waals surface area contributed by atoms with Crippen LogP contribution in [0, 0.1) is 6.92 Å². The number of carbonyl (C=O) groups excluding carboxylic acids is 3. The highest BCUT2D eigenvalue weighted by Crippen LogP contribution is 2.13. The number of hydrogen-bond donors (Lipinski definition) is 2. The number of carbonyl (C=O) groups is 3. The third-order valence-electron chi connectivity index (χ3n) is 3.95. The maximum Gasteiger partial charge on any atom is 0.330 e. The molecular weight excluding hydrogens is 388 g/mol. The van der Waals surface area contributed by atoms with Crippen LogP contribution in [0.25, 0.3) is 11.4 Å². The average molecular weight is 408 g/mol. The third kappa shape index (κ3) is 6.23. The van der Waals surface area contributed by atoms with Gasteiger partial charge in [0.15, 0.2) is 13.2 Å². The zero-order chi connectivity index (χ0) is 21.3. The van der Waals surface area contributed by atoms with Gasteiger partial charge in [0, 0.05) is 12.1 Å². The van der Waals surface area contributed by atoms with Crippen molar-refractivity contribution in [1.82, 2.24) is 30.8 Å². The van der Waals surface area contributed by atoms with Gasteiger partial charge in [0.2, 0.25) is 5.82 Å². The predicted octanol–water partition coefficient (Wildman–Crippen LogP) is 1.22. The van der Waals surface area contributed by atoms with Crippen molar-refractivity contribution in [3.63, 3.8) is 0 Å². The second kappa shape index (κ2) is 9.92. The summed E-state index contributed by atoms with van der Waals surface area (Å²) >= 11 is 0. The number of ether oxygens (including phenoxy) is 1. The van der Waals surface area contributed by atoms with E-state index in [4.69, 9.17) is 4.74 Å². The molecule has 10 nitrogen and oxygen atoms in total. The summed E-state index contributed by atoms with van der Waals surface area (Å²) in [5.41, 5.74) is 2.75. The SMILES string of the molecule is Cc1ccc(-c2nnn(CC(=O)OCC(=O)NC(=O)NCc3ccccc3)n2)cc1. The fraction of sp³-hybridized carbons (Fsp3) is 0.200. The summed E-state index contributed by atoms with van der Waals surface area (Å²) in [6, 6.07) is 16.1. The van der Waals surface area contributed by atoms with Crippen LogP contribution in [0.3, 0.4) is 0 Å². The van der Waals surface area contributed by atoms with Crippen LogP contribution in [-0.4, -0.2) is 44.7 Å². The van der Waals surface area contributed by atoms with Gasteiger partial charge < -0.3 is 10.1 Å². The van der Waals surface area contributed by atoms with Gasteiger partial charge in [-0.25, -0.2) is 9.59 Å². The lowest BCUT2D eigenvalue weighted by atomic mass is 10.1. The number of imide groups is 1. The molecule has 0 saturated carbocycles. The van der Waals surface area contributed by atoms with Crippen molar-refractivity contribution in [2.24, 2.45) is 0 Å². The summed E-state index contributed by atoms with van der Waals surface area (Å²) in [5.74, 6) is -1.11. The number of hydrogen-bond acceptors (Lipinski definition) is 7. The Hall–Kier alpha value is -4.08. The average Bonchev–Trinajstić information content (AvgIpc) is 3.20. The fourth-order valence-corrected chi connectivity index (χ4v) is 2.42. The molecule has 3 amide bonds. The minimum atomic E-state index is -0.749. The molecule has 3 aromatic rings. The number of tetrazole rings is 1. The summed E-state index contributed by atoms with van der Waals surface area (Å²) in [5, 5.41) is 16.4. The van der Waals surface area contributed by atoms with Crippen molar-refractivity contribution in [2.75, 3.05) is 6.61 Å². The molecule has 154 valence electrons. The minimum Gasteiger partial charge on any atom is -0.454 e. The molecule has 0 fully saturated rings. The molecule has 3 rings (SSSR count). The zero-order valence-corrected chi connectivity index (χ0v) is 16.2. The molecule has 0 spiro atoms. The van der Waals surface area contributed by atoms with E-state index in [0.29, 0.717) is 5.82 Å². The molecule has 0 aliphatic heterocycles. The molecule has 0 bridgehead atoms. The lowest BCUT2D eigenvalue weighted by Crippen LogP contribution is -2.41. The van der Waals surface area contributed by atoms with Gasteiger partial charge in [0.25, 0.3) is 5.91 Å². The molecule has 30 heavy (non-hydrogen) atoms. The zero-order valence-electron chi connectivity index (χ0n) is 16.2. The second-order valence-corrected chi connectivity index (χ2v) is 6.39. The number of amides is 3. The lowest BCUT2D eigenvalue weighted by Gasteiger charge is -2.07. The van der Waals surface area contributed by atoms with Crippen molar-refractivity contribution in [2.45, 2.75) is 20.0 Å². The molecule has 0 aliphatic rings. The molecule has 1 aromatic heterocycles. The number of benzene rings is 2. The number of aryl methyl sites for hydroxylation is 1. The Balaban J connectivity index is 1.39. The Kier molecular flexibility index (Phi) is 6.83. The first-order chi connectivity index (χ1) is 14.5. The van der Waals surface area contributed by atoms with Crippen LogP contribution in [0.4, 0.5) is 4.79 Å². The fourth-order valence-electron chi connectivity index (χ4n) is 2.42. The Morgan fingerprint density at radius 1 is 1.03 bits per heavy atom. The normalized spacial score (nSPS) is 10.3. The summed E-state index contributed by atoms with van der Waals surface area (Å²) in [6.07, 6.45) is 0. The van der Waals surface area contributed by atoms with Crippen LogP contribution >= 0.6 is 0 Å². The first-order valence-corrected chi connectivity index (χ1v) is 9.11. The van der Waals surface area contributed by atoms with Crippen LogP contribution in [0.15, 0.2) is 54.6 Å². The molecule has 10 heteroatoms. The van der Waals surface area contributed by atoms with Crippen molar-refractivity contribution in [1.29, 1.82) is 0 Å². The van der Waals surface area contributed by atoms with E-state index in [2.05, 4.69) is 26.0 Å². The topological polar surface area (TPSA) is 128 Å². The maximum absolute atomic E-state index is 11.9. The van der Waals surface area contributed by atoms with E-state index in [1.807, 2.05) is 61.5 Å². The molecular formula is C20H20N6O4. The molecule has 2 N–H and O–H groups in total. The number of urea groups is 1. The molecule has 0 radical (unpaired) electrons. The van der Waals surface area contributed by atoms with Crippen molar-refractivity contribution in [3.05, 3.63) is 65.7 Å². The van der Waals surface area contributed by atoms with Gasteiger partial charge in [-0.05, 0) is 17.7 Å². The third-order valence-corrected chi connectivity index (χ3v) is 3.95. The van der Waals surface area contributed by atoms with Gasteiger partial charge >= 0.3 is 12.0 Å². The lowest BCUT2D eigenvalue weighted by molar-refractivity contribution is -0.149. The number of nitrogens with one attached hydrogen (secondary N) is 2. The Bertz CT molecular complexity index is 1020. The van der Waals surface area contributed by atoms with E-state index >= 15 is 0 Å². The standard InChI is InChI=1S/C20H20N6O4/c1-14-7-9-16(10-8-14)19-23-25-26(24-19)12-18(28)30-13-17(27)22-20(29)21-11-15-5-3-2-4-6-15/h2-10H,11-13H2,1H3,(H2,21,22,27,29). The van der Waals surface area contributed by atoms with E-state index < -0.39 is 24.5 Å². The highest BCUT2D eigenvalue weighted by molar-refractivity contribution is 5.95. The van der Waals surface area contributed by atoms with Gasteiger partial charge in [-0.3, -0.25) is 10.1 Å². The van der Waals surface area contributed by atoms with Gasteiger partial charge in [0.05, 0.1) is 0 Å². The van der Waals surface area contributed by atoms with Crippen molar-refractivity contribution in [3.8, 4) is 11.4 Å². The summed E-state index contributed by atoms with van der Waals surface area (Å²) in [6.45, 7) is 1.32. The molecule has 0 aliphatic carbocycles. The van der Waals surface area contributed by atoms with Gasteiger partial charge in [-0.2, -0.15) is 4.80 Å². The molecule has 0 atom stereocenters. The van der Waals surface area contributed by atoms with Crippen LogP contribution in [0.1, 0.15) is 11.1 Å². The van der Waals surface area contributed by atoms with Gasteiger partial charge in [-0.15, -0.1) is 10.2 Å². The minimum absolute atomic E-state index is 0.265. The van der Waals surface area contributed by atoms with Crippen LogP contribution in [0.2, 0.25) is 0 Å². The van der Waals surface area contributed by atoms with Crippen LogP contribution < -0.4 is 10.6 Å². The summed E-state index contributed by atoms with van der Waals surface area (Å²) in [4.78, 5) is 36.4. The van der Waals surface area contributed by atoms with Gasteiger partial charge in [-0.1, -0.05) is 60.2 Å². The van der Waals surface area contributed by atoms with E-state index in [-0.39, 0.29) is 13.1 Å². The smallest absolute Gasteiger partial charge is 0.330 e. The number of aromatic nitrogens is 4. The largest absolute Gasteiger partial charge is 0.454 e. The Labute approximate surface area is 172 Å². The molecule has 1 heterocycles. The van der Waals surface area contributed by atoms with Crippen molar-refractivity contribution >= 4 is 17.9 Å². The summed E-state index contributed by atoms with van der Waals surface area (Å²) < 4.78 is 4.84. The predicted molar refractivity (Wildman–Crippen MR) is 106 cm³/mol. The molecule has 0 unspecified atom stereocenters. The molecule has 0 saturated heterocycles. The Morgan fingerprint density at radius 2 is 1.77 bits per heavy atom. The maximum atomic E-state index is 11.9.